The Balaban J connectivity index is 0.982. The smallest absolute Gasteiger partial charge is 0.140 e. The van der Waals surface area contributed by atoms with Gasteiger partial charge in [-0.25, -0.2) is 0 Å². The van der Waals surface area contributed by atoms with E-state index < -0.39 is 16.2 Å². The second kappa shape index (κ2) is 22.3. The number of hydrogen-bond donors (Lipinski definition) is 0. The van der Waals surface area contributed by atoms with Gasteiger partial charge in [0, 0.05) is 50.1 Å². The molecule has 0 aliphatic carbocycles. The van der Waals surface area contributed by atoms with Crippen LogP contribution in [0.5, 0.6) is 34.5 Å². The highest BCUT2D eigenvalue weighted by Gasteiger charge is 2.49. The first-order chi connectivity index (χ1) is 46.0. The van der Waals surface area contributed by atoms with E-state index in [2.05, 4.69) is 353 Å². The van der Waals surface area contributed by atoms with Crippen molar-refractivity contribution in [3.05, 3.63) is 436 Å². The first-order valence-electron chi connectivity index (χ1n) is 32.0. The van der Waals surface area contributed by atoms with Crippen LogP contribution in [0.25, 0.3) is 38.6 Å². The number of ether oxygens (including phenoxy) is 3. The van der Waals surface area contributed by atoms with Gasteiger partial charge in [0.2, 0.25) is 0 Å². The summed E-state index contributed by atoms with van der Waals surface area (Å²) in [6.45, 7) is 6.78. The molecule has 0 radical (unpaired) electrons. The normalized spacial score (nSPS) is 14.3. The lowest BCUT2D eigenvalue weighted by molar-refractivity contribution is 0.433. The third kappa shape index (κ3) is 8.23. The Labute approximate surface area is 543 Å². The van der Waals surface area contributed by atoms with Crippen LogP contribution in [0.1, 0.15) is 83.5 Å². The standard InChI is InChI=1S/C90H62O3/c1-3-32-67(70-47-29-53-78-85(70)91-81-56-25-22-50-75(81)88(78,61-33-10-4-11-34-61)62-35-12-5-13-36-62)73-59-74-68(71-48-30-54-79-86(71)92-82-57-26-23-51-76(82)89(79,63-37-14-6-15-38-63)64-39-16-7-17-40-64)45-28-46-69(74)84(60(73)2)72-49-31-55-80-87(72)93-83-58-27-24-52-77(83)90(80,65-41-18-8-19-42-65)66-43-20-9-21-44-66/h3-59H,1H2,2H3/b67-32-. The molecular weight excluding hydrogens is 1130 g/mol. The number of hydrogen-bond acceptors (Lipinski definition) is 3. The summed E-state index contributed by atoms with van der Waals surface area (Å²) in [6.07, 6.45) is 4.10. The highest BCUT2D eigenvalue weighted by atomic mass is 16.5. The van der Waals surface area contributed by atoms with Gasteiger partial charge in [-0.15, -0.1) is 0 Å². The maximum Gasteiger partial charge on any atom is 0.140 e. The van der Waals surface area contributed by atoms with Crippen molar-refractivity contribution in [1.29, 1.82) is 0 Å². The van der Waals surface area contributed by atoms with Gasteiger partial charge in [-0.2, -0.15) is 0 Å². The van der Waals surface area contributed by atoms with Crippen LogP contribution in [0.4, 0.5) is 0 Å². The van der Waals surface area contributed by atoms with E-state index in [1.807, 2.05) is 6.08 Å². The zero-order valence-electron chi connectivity index (χ0n) is 51.3. The predicted molar refractivity (Wildman–Crippen MR) is 378 cm³/mol. The number of allylic oxidation sites excluding steroid dienone is 2. The molecule has 0 spiro atoms. The van der Waals surface area contributed by atoms with E-state index in [4.69, 9.17) is 14.2 Å². The minimum Gasteiger partial charge on any atom is -0.456 e. The minimum atomic E-state index is -0.759. The van der Waals surface area contributed by atoms with Crippen molar-refractivity contribution in [2.75, 3.05) is 0 Å². The second-order valence-corrected chi connectivity index (χ2v) is 24.4. The van der Waals surface area contributed by atoms with Crippen LogP contribution in [0, 0.1) is 6.92 Å². The van der Waals surface area contributed by atoms with Crippen molar-refractivity contribution in [3.63, 3.8) is 0 Å². The molecule has 93 heavy (non-hydrogen) atoms. The van der Waals surface area contributed by atoms with E-state index in [0.29, 0.717) is 0 Å². The van der Waals surface area contributed by atoms with Crippen LogP contribution >= 0.6 is 0 Å². The zero-order chi connectivity index (χ0) is 62.1. The summed E-state index contributed by atoms with van der Waals surface area (Å²) >= 11 is 0. The lowest BCUT2D eigenvalue weighted by Crippen LogP contribution is -2.34. The van der Waals surface area contributed by atoms with Gasteiger partial charge in [0.25, 0.3) is 0 Å². The molecular formula is C90H62O3. The Hall–Kier alpha value is -11.8. The molecule has 0 saturated carbocycles. The Morgan fingerprint density at radius 2 is 0.613 bits per heavy atom. The summed E-state index contributed by atoms with van der Waals surface area (Å²) in [5.41, 5.74) is 19.0. The molecule has 0 aromatic heterocycles. The largest absolute Gasteiger partial charge is 0.456 e. The van der Waals surface area contributed by atoms with Crippen molar-refractivity contribution in [1.82, 2.24) is 0 Å². The molecule has 3 nitrogen and oxygen atoms in total. The number of fused-ring (bicyclic) bond motifs is 7. The van der Waals surface area contributed by atoms with E-state index in [-0.39, 0.29) is 0 Å². The Morgan fingerprint density at radius 1 is 0.290 bits per heavy atom. The van der Waals surface area contributed by atoms with Crippen molar-refractivity contribution in [3.8, 4) is 56.8 Å². The molecule has 0 bridgehead atoms. The van der Waals surface area contributed by atoms with Gasteiger partial charge in [-0.3, -0.25) is 0 Å². The van der Waals surface area contributed by atoms with E-state index in [1.54, 1.807) is 0 Å². The maximum atomic E-state index is 7.57. The van der Waals surface area contributed by atoms with Crippen LogP contribution in [-0.4, -0.2) is 0 Å². The zero-order valence-corrected chi connectivity index (χ0v) is 51.3. The summed E-state index contributed by atoms with van der Waals surface area (Å²) in [6, 6.07) is 121. The lowest BCUT2D eigenvalue weighted by atomic mass is 9.63. The first kappa shape index (κ1) is 55.3. The van der Waals surface area contributed by atoms with Gasteiger partial charge in [0.1, 0.15) is 34.5 Å². The van der Waals surface area contributed by atoms with E-state index >= 15 is 0 Å². The van der Waals surface area contributed by atoms with Crippen LogP contribution in [-0.2, 0) is 16.2 Å². The van der Waals surface area contributed by atoms with Crippen molar-refractivity contribution in [2.45, 2.75) is 23.2 Å². The fourth-order valence-electron chi connectivity index (χ4n) is 16.1. The Bertz CT molecular complexity index is 5130. The van der Waals surface area contributed by atoms with Crippen LogP contribution < -0.4 is 14.2 Å². The summed E-state index contributed by atoms with van der Waals surface area (Å²) in [5, 5.41) is 2.10. The highest BCUT2D eigenvalue weighted by Crippen LogP contribution is 2.62. The van der Waals surface area contributed by atoms with Crippen LogP contribution in [0.3, 0.4) is 0 Å². The van der Waals surface area contributed by atoms with Gasteiger partial charge in [0.05, 0.1) is 16.2 Å². The van der Waals surface area contributed by atoms with Gasteiger partial charge in [-0.05, 0) is 103 Å². The molecule has 0 atom stereocenters. The monoisotopic (exact) mass is 1190 g/mol. The fourth-order valence-corrected chi connectivity index (χ4v) is 16.1. The average molecular weight is 1190 g/mol. The molecule has 0 fully saturated rings. The Morgan fingerprint density at radius 3 is 1.03 bits per heavy atom. The number of para-hydroxylation sites is 6. The van der Waals surface area contributed by atoms with Crippen molar-refractivity contribution >= 4 is 16.3 Å². The maximum absolute atomic E-state index is 7.57. The molecule has 3 aliphatic rings. The first-order valence-corrected chi connectivity index (χ1v) is 32.0. The van der Waals surface area contributed by atoms with E-state index in [1.165, 1.54) is 0 Å². The molecule has 14 aromatic rings. The summed E-state index contributed by atoms with van der Waals surface area (Å²) < 4.78 is 22.5. The average Bonchev–Trinajstić information content (AvgIpc) is 0.717. The van der Waals surface area contributed by atoms with Gasteiger partial charge in [-0.1, -0.05) is 328 Å². The molecule has 3 aliphatic heterocycles. The van der Waals surface area contributed by atoms with Gasteiger partial charge < -0.3 is 14.2 Å². The van der Waals surface area contributed by atoms with E-state index in [0.717, 1.165) is 157 Å². The SMILES string of the molecule is C=C/C=C(\c1cc2c(-c3cccc4c3Oc3ccccc3C4(c3ccccc3)c3ccccc3)cccc2c(-c2cccc3c2Oc2ccccc2C3(c2ccccc2)c2ccccc2)c1C)c1cccc2c1Oc1ccccc1C2(c1ccccc1)c1ccccc1. The second-order valence-electron chi connectivity index (χ2n) is 24.4. The molecule has 0 N–H and O–H groups in total. The Kier molecular flexibility index (Phi) is 13.3. The summed E-state index contributed by atoms with van der Waals surface area (Å²) in [4.78, 5) is 0. The predicted octanol–water partition coefficient (Wildman–Crippen LogP) is 22.6. The molecule has 3 heteroatoms. The van der Waals surface area contributed by atoms with Crippen LogP contribution in [0.2, 0.25) is 0 Å². The minimum absolute atomic E-state index is 0.736. The molecule has 0 unspecified atom stereocenters. The molecule has 17 rings (SSSR count). The van der Waals surface area contributed by atoms with Crippen LogP contribution in [0.15, 0.2) is 352 Å². The summed E-state index contributed by atoms with van der Waals surface area (Å²) in [7, 11) is 0. The molecule has 0 saturated heterocycles. The van der Waals surface area contributed by atoms with Crippen molar-refractivity contribution < 1.29 is 14.2 Å². The number of rotatable bonds is 11. The highest BCUT2D eigenvalue weighted by molar-refractivity contribution is 6.10. The number of benzene rings is 14. The molecule has 440 valence electrons. The molecule has 14 aromatic carbocycles. The molecule has 0 amide bonds. The topological polar surface area (TPSA) is 27.7 Å². The quantitative estimate of drug-likeness (QED) is 0.121. The van der Waals surface area contributed by atoms with Gasteiger partial charge >= 0.3 is 0 Å². The van der Waals surface area contributed by atoms with Gasteiger partial charge in [0.15, 0.2) is 0 Å². The molecule has 3 heterocycles. The third-order valence-electron chi connectivity index (χ3n) is 19.9. The fraction of sp³-hybridized carbons (Fsp3) is 0.0444. The van der Waals surface area contributed by atoms with Crippen molar-refractivity contribution in [2.24, 2.45) is 0 Å². The van der Waals surface area contributed by atoms with E-state index in [9.17, 15) is 0 Å². The lowest BCUT2D eigenvalue weighted by Gasteiger charge is -2.42. The summed E-state index contributed by atoms with van der Waals surface area (Å²) in [5.74, 6) is 4.79. The third-order valence-corrected chi connectivity index (χ3v) is 19.9.